The Kier molecular flexibility index (Phi) is 2.81. The van der Waals surface area contributed by atoms with Crippen molar-refractivity contribution in [1.29, 1.82) is 0 Å². The minimum absolute atomic E-state index is 0.391. The highest BCUT2D eigenvalue weighted by atomic mass is 79.9. The molecular weight excluding hydrogens is 318 g/mol. The number of aromatic nitrogens is 2. The molecule has 3 N–H and O–H groups in total. The minimum Gasteiger partial charge on any atom is -0.408 e. The Bertz CT molecular complexity index is 774. The predicted octanol–water partition coefficient (Wildman–Crippen LogP) is 2.47. The van der Waals surface area contributed by atoms with Gasteiger partial charge in [-0.15, -0.1) is 11.3 Å². The fourth-order valence-electron chi connectivity index (χ4n) is 1.67. The van der Waals surface area contributed by atoms with Gasteiger partial charge in [-0.1, -0.05) is 0 Å². The number of H-pyrrole nitrogens is 1. The third kappa shape index (κ3) is 1.90. The standard InChI is InChI=1S/C11H8BrN3O2S/c12-9-7(4-13)14-10(18-9)5-1-2-8-6(3-5)15-11(16)17-8/h1-3H,4,13H2,(H,15,16). The number of aromatic amines is 1. The molecule has 0 bridgehead atoms. The Morgan fingerprint density at radius 3 is 3.06 bits per heavy atom. The molecule has 2 heterocycles. The van der Waals surface area contributed by atoms with Gasteiger partial charge in [-0.3, -0.25) is 4.98 Å². The number of hydrogen-bond acceptors (Lipinski definition) is 5. The normalized spacial score (nSPS) is 11.2. The van der Waals surface area contributed by atoms with Gasteiger partial charge in [0.25, 0.3) is 0 Å². The van der Waals surface area contributed by atoms with Gasteiger partial charge in [0.1, 0.15) is 5.01 Å². The van der Waals surface area contributed by atoms with Gasteiger partial charge in [-0.05, 0) is 34.1 Å². The van der Waals surface area contributed by atoms with Crippen LogP contribution in [0.15, 0.2) is 31.2 Å². The van der Waals surface area contributed by atoms with E-state index in [-0.39, 0.29) is 0 Å². The molecule has 0 aliphatic heterocycles. The summed E-state index contributed by atoms with van der Waals surface area (Å²) in [5.74, 6) is -0.454. The lowest BCUT2D eigenvalue weighted by atomic mass is 10.2. The van der Waals surface area contributed by atoms with E-state index in [0.717, 1.165) is 20.1 Å². The molecule has 0 amide bonds. The maximum absolute atomic E-state index is 11.1. The Balaban J connectivity index is 2.15. The smallest absolute Gasteiger partial charge is 0.408 e. The van der Waals surface area contributed by atoms with Crippen LogP contribution in [0.2, 0.25) is 0 Å². The van der Waals surface area contributed by atoms with Crippen molar-refractivity contribution in [1.82, 2.24) is 9.97 Å². The summed E-state index contributed by atoms with van der Waals surface area (Å²) in [5, 5.41) is 0.853. The monoisotopic (exact) mass is 325 g/mol. The molecule has 3 rings (SSSR count). The fourth-order valence-corrected chi connectivity index (χ4v) is 3.20. The molecular formula is C11H8BrN3O2S. The largest absolute Gasteiger partial charge is 0.417 e. The minimum atomic E-state index is -0.454. The zero-order valence-corrected chi connectivity index (χ0v) is 11.5. The second-order valence-electron chi connectivity index (χ2n) is 3.67. The van der Waals surface area contributed by atoms with Gasteiger partial charge >= 0.3 is 5.76 Å². The number of nitrogens with two attached hydrogens (primary N) is 1. The molecule has 0 aliphatic carbocycles. The number of nitrogens with one attached hydrogen (secondary N) is 1. The van der Waals surface area contributed by atoms with Crippen LogP contribution >= 0.6 is 27.3 Å². The molecule has 2 aromatic heterocycles. The third-order valence-corrected chi connectivity index (χ3v) is 4.39. The summed E-state index contributed by atoms with van der Waals surface area (Å²) in [6, 6.07) is 5.45. The molecule has 0 atom stereocenters. The van der Waals surface area contributed by atoms with Crippen LogP contribution in [-0.4, -0.2) is 9.97 Å². The second kappa shape index (κ2) is 4.34. The van der Waals surface area contributed by atoms with Crippen molar-refractivity contribution >= 4 is 38.4 Å². The van der Waals surface area contributed by atoms with E-state index in [9.17, 15) is 4.79 Å². The molecule has 7 heteroatoms. The van der Waals surface area contributed by atoms with Crippen molar-refractivity contribution < 1.29 is 4.42 Å². The third-order valence-electron chi connectivity index (χ3n) is 2.51. The Morgan fingerprint density at radius 1 is 1.50 bits per heavy atom. The predicted molar refractivity (Wildman–Crippen MR) is 73.5 cm³/mol. The van der Waals surface area contributed by atoms with Gasteiger partial charge in [-0.25, -0.2) is 9.78 Å². The van der Waals surface area contributed by atoms with Crippen LogP contribution in [0.4, 0.5) is 0 Å². The van der Waals surface area contributed by atoms with Gasteiger partial charge in [0.15, 0.2) is 5.58 Å². The van der Waals surface area contributed by atoms with Gasteiger partial charge in [0.2, 0.25) is 0 Å². The van der Waals surface area contributed by atoms with E-state index in [1.54, 1.807) is 6.07 Å². The zero-order valence-electron chi connectivity index (χ0n) is 9.07. The number of halogens is 1. The van der Waals surface area contributed by atoms with Crippen LogP contribution in [-0.2, 0) is 6.54 Å². The maximum Gasteiger partial charge on any atom is 0.417 e. The first kappa shape index (κ1) is 11.6. The second-order valence-corrected chi connectivity index (χ2v) is 5.99. The van der Waals surface area contributed by atoms with E-state index in [2.05, 4.69) is 25.9 Å². The van der Waals surface area contributed by atoms with Crippen LogP contribution in [0.5, 0.6) is 0 Å². The zero-order chi connectivity index (χ0) is 12.7. The van der Waals surface area contributed by atoms with Crippen molar-refractivity contribution in [2.75, 3.05) is 0 Å². The number of oxazole rings is 1. The number of thiazole rings is 1. The highest BCUT2D eigenvalue weighted by Gasteiger charge is 2.11. The summed E-state index contributed by atoms with van der Waals surface area (Å²) < 4.78 is 5.88. The number of fused-ring (bicyclic) bond motifs is 1. The number of hydrogen-bond donors (Lipinski definition) is 2. The van der Waals surface area contributed by atoms with Gasteiger partial charge in [0.05, 0.1) is 15.0 Å². The van der Waals surface area contributed by atoms with Gasteiger partial charge in [0, 0.05) is 12.1 Å². The van der Waals surface area contributed by atoms with E-state index >= 15 is 0 Å². The Labute approximate surface area is 114 Å². The number of benzene rings is 1. The molecule has 0 spiro atoms. The van der Waals surface area contributed by atoms with Crippen molar-refractivity contribution in [2.45, 2.75) is 6.54 Å². The van der Waals surface area contributed by atoms with Crippen molar-refractivity contribution in [2.24, 2.45) is 5.73 Å². The summed E-state index contributed by atoms with van der Waals surface area (Å²) in [4.78, 5) is 18.1. The van der Waals surface area contributed by atoms with Crippen LogP contribution in [0.25, 0.3) is 21.7 Å². The summed E-state index contributed by atoms with van der Waals surface area (Å²) in [6.07, 6.45) is 0. The lowest BCUT2D eigenvalue weighted by Gasteiger charge is -1.95. The average Bonchev–Trinajstić information content (AvgIpc) is 2.89. The quantitative estimate of drug-likeness (QED) is 0.757. The topological polar surface area (TPSA) is 84.9 Å². The first-order valence-corrected chi connectivity index (χ1v) is 6.77. The molecule has 0 radical (unpaired) electrons. The van der Waals surface area contributed by atoms with Gasteiger partial charge in [-0.2, -0.15) is 0 Å². The van der Waals surface area contributed by atoms with E-state index in [4.69, 9.17) is 10.2 Å². The molecule has 92 valence electrons. The Hall–Kier alpha value is -1.44. The number of rotatable bonds is 2. The lowest BCUT2D eigenvalue weighted by Crippen LogP contribution is -1.96. The van der Waals surface area contributed by atoms with Crippen molar-refractivity contribution in [3.8, 4) is 10.6 Å². The molecule has 0 fully saturated rings. The number of nitrogens with zero attached hydrogens (tertiary/aromatic N) is 1. The van der Waals surface area contributed by atoms with E-state index in [1.807, 2.05) is 12.1 Å². The van der Waals surface area contributed by atoms with Crippen LogP contribution in [0.3, 0.4) is 0 Å². The van der Waals surface area contributed by atoms with Gasteiger partial charge < -0.3 is 10.2 Å². The summed E-state index contributed by atoms with van der Waals surface area (Å²) >= 11 is 4.94. The highest BCUT2D eigenvalue weighted by Crippen LogP contribution is 2.32. The molecule has 0 saturated heterocycles. The summed E-state index contributed by atoms with van der Waals surface area (Å²) in [6.45, 7) is 0.391. The Morgan fingerprint density at radius 2 is 2.33 bits per heavy atom. The summed E-state index contributed by atoms with van der Waals surface area (Å²) in [7, 11) is 0. The average molecular weight is 326 g/mol. The van der Waals surface area contributed by atoms with Crippen molar-refractivity contribution in [3.63, 3.8) is 0 Å². The molecule has 0 saturated carbocycles. The van der Waals surface area contributed by atoms with E-state index < -0.39 is 5.76 Å². The first-order chi connectivity index (χ1) is 8.67. The molecule has 0 aliphatic rings. The van der Waals surface area contributed by atoms with Crippen LogP contribution in [0, 0.1) is 0 Å². The summed E-state index contributed by atoms with van der Waals surface area (Å²) in [5.41, 5.74) is 8.54. The van der Waals surface area contributed by atoms with Crippen LogP contribution in [0.1, 0.15) is 5.69 Å². The molecule has 0 unspecified atom stereocenters. The fraction of sp³-hybridized carbons (Fsp3) is 0.0909. The highest BCUT2D eigenvalue weighted by molar-refractivity contribution is 9.11. The lowest BCUT2D eigenvalue weighted by molar-refractivity contribution is 0.555. The molecule has 18 heavy (non-hydrogen) atoms. The SMILES string of the molecule is NCc1nc(-c2ccc3oc(=O)[nH]c3c2)sc1Br. The molecule has 3 aromatic rings. The first-order valence-electron chi connectivity index (χ1n) is 5.16. The molecule has 1 aromatic carbocycles. The van der Waals surface area contributed by atoms with E-state index in [1.165, 1.54) is 11.3 Å². The molecule has 5 nitrogen and oxygen atoms in total. The van der Waals surface area contributed by atoms with E-state index in [0.29, 0.717) is 17.6 Å². The van der Waals surface area contributed by atoms with Crippen molar-refractivity contribution in [3.05, 3.63) is 38.2 Å². The maximum atomic E-state index is 11.1. The van der Waals surface area contributed by atoms with Crippen LogP contribution < -0.4 is 11.5 Å².